The summed E-state index contributed by atoms with van der Waals surface area (Å²) in [6, 6.07) is 4.23. The monoisotopic (exact) mass is 288 g/mol. The van der Waals surface area contributed by atoms with Crippen LogP contribution >= 0.6 is 0 Å². The van der Waals surface area contributed by atoms with Crippen molar-refractivity contribution in [2.24, 2.45) is 5.92 Å². The Kier molecular flexibility index (Phi) is 4.23. The van der Waals surface area contributed by atoms with E-state index in [9.17, 15) is 5.11 Å². The van der Waals surface area contributed by atoms with Crippen LogP contribution in [-0.4, -0.2) is 36.7 Å². The molecule has 3 heteroatoms. The fraction of sp³-hybridized carbons (Fsp3) is 0.667. The van der Waals surface area contributed by atoms with Crippen molar-refractivity contribution in [3.8, 4) is 5.75 Å². The maximum Gasteiger partial charge on any atom is 0.120 e. The number of nitrogens with zero attached hydrogens (tertiary/aromatic N) is 1. The minimum atomic E-state index is 0.328. The maximum atomic E-state index is 10.3. The SMILES string of the molecule is Cc1ccc(O)c2c1C(C)CC2NCC1CCN(C)CC1. The first kappa shape index (κ1) is 14.9. The Bertz CT molecular complexity index is 506. The summed E-state index contributed by atoms with van der Waals surface area (Å²) >= 11 is 0. The lowest BCUT2D eigenvalue weighted by atomic mass is 9.96. The zero-order chi connectivity index (χ0) is 15.0. The molecule has 0 amide bonds. The molecule has 1 aliphatic carbocycles. The van der Waals surface area contributed by atoms with Gasteiger partial charge in [-0.1, -0.05) is 13.0 Å². The van der Waals surface area contributed by atoms with Crippen molar-refractivity contribution in [1.82, 2.24) is 10.2 Å². The van der Waals surface area contributed by atoms with Crippen molar-refractivity contribution in [3.63, 3.8) is 0 Å². The third-order valence-corrected chi connectivity index (χ3v) is 5.40. The quantitative estimate of drug-likeness (QED) is 0.896. The van der Waals surface area contributed by atoms with Crippen LogP contribution in [0, 0.1) is 12.8 Å². The molecule has 1 saturated heterocycles. The number of hydrogen-bond acceptors (Lipinski definition) is 3. The lowest BCUT2D eigenvalue weighted by Crippen LogP contribution is -2.35. The fourth-order valence-electron chi connectivity index (χ4n) is 4.10. The maximum absolute atomic E-state index is 10.3. The van der Waals surface area contributed by atoms with E-state index in [0.717, 1.165) is 24.4 Å². The number of nitrogens with one attached hydrogen (secondary N) is 1. The Balaban J connectivity index is 1.68. The molecule has 0 radical (unpaired) electrons. The van der Waals surface area contributed by atoms with Crippen LogP contribution in [0.1, 0.15) is 54.8 Å². The highest BCUT2D eigenvalue weighted by Crippen LogP contribution is 2.45. The number of rotatable bonds is 3. The summed E-state index contributed by atoms with van der Waals surface area (Å²) < 4.78 is 0. The van der Waals surface area contributed by atoms with Gasteiger partial charge in [-0.3, -0.25) is 0 Å². The lowest BCUT2D eigenvalue weighted by molar-refractivity contribution is 0.212. The van der Waals surface area contributed by atoms with Gasteiger partial charge in [-0.25, -0.2) is 0 Å². The van der Waals surface area contributed by atoms with Gasteiger partial charge in [-0.2, -0.15) is 0 Å². The van der Waals surface area contributed by atoms with E-state index in [-0.39, 0.29) is 0 Å². The summed E-state index contributed by atoms with van der Waals surface area (Å²) in [7, 11) is 2.21. The summed E-state index contributed by atoms with van der Waals surface area (Å²) in [4.78, 5) is 2.42. The number of benzene rings is 1. The minimum Gasteiger partial charge on any atom is -0.508 e. The molecular formula is C18H28N2O. The molecule has 1 fully saturated rings. The molecular weight excluding hydrogens is 260 g/mol. The fourth-order valence-corrected chi connectivity index (χ4v) is 4.10. The molecule has 2 aliphatic rings. The number of aryl methyl sites for hydroxylation is 1. The van der Waals surface area contributed by atoms with E-state index in [2.05, 4.69) is 31.1 Å². The number of hydrogen-bond donors (Lipinski definition) is 2. The number of likely N-dealkylation sites (tertiary alicyclic amines) is 1. The molecule has 3 rings (SSSR count). The normalized spacial score (nSPS) is 27.0. The van der Waals surface area contributed by atoms with Gasteiger partial charge < -0.3 is 15.3 Å². The van der Waals surface area contributed by atoms with Crippen LogP contribution in [0.15, 0.2) is 12.1 Å². The second kappa shape index (κ2) is 5.98. The van der Waals surface area contributed by atoms with Crippen LogP contribution in [0.5, 0.6) is 5.75 Å². The number of aromatic hydroxyl groups is 1. The van der Waals surface area contributed by atoms with Crippen molar-refractivity contribution >= 4 is 0 Å². The molecule has 1 aliphatic heterocycles. The summed E-state index contributed by atoms with van der Waals surface area (Å²) in [5, 5.41) is 14.0. The molecule has 2 N–H and O–H groups in total. The zero-order valence-corrected chi connectivity index (χ0v) is 13.5. The van der Waals surface area contributed by atoms with Crippen LogP contribution in [0.2, 0.25) is 0 Å². The van der Waals surface area contributed by atoms with Gasteiger partial charge in [0.25, 0.3) is 0 Å². The molecule has 0 aromatic heterocycles. The minimum absolute atomic E-state index is 0.328. The second-order valence-electron chi connectivity index (χ2n) is 7.07. The molecule has 1 aromatic rings. The molecule has 0 saturated carbocycles. The van der Waals surface area contributed by atoms with Crippen LogP contribution < -0.4 is 5.32 Å². The molecule has 2 unspecified atom stereocenters. The number of piperidine rings is 1. The first-order valence-electron chi connectivity index (χ1n) is 8.30. The smallest absolute Gasteiger partial charge is 0.120 e. The Morgan fingerprint density at radius 3 is 2.67 bits per heavy atom. The summed E-state index contributed by atoms with van der Waals surface area (Å²) in [5.41, 5.74) is 3.85. The van der Waals surface area contributed by atoms with Gasteiger partial charge >= 0.3 is 0 Å². The Labute approximate surface area is 128 Å². The largest absolute Gasteiger partial charge is 0.508 e. The lowest BCUT2D eigenvalue weighted by Gasteiger charge is -2.30. The Hall–Kier alpha value is -1.06. The highest BCUT2D eigenvalue weighted by atomic mass is 16.3. The van der Waals surface area contributed by atoms with E-state index in [1.165, 1.54) is 37.1 Å². The molecule has 21 heavy (non-hydrogen) atoms. The van der Waals surface area contributed by atoms with E-state index in [1.807, 2.05) is 12.1 Å². The van der Waals surface area contributed by atoms with Gasteiger partial charge in [-0.15, -0.1) is 0 Å². The molecule has 0 bridgehead atoms. The van der Waals surface area contributed by atoms with Crippen molar-refractivity contribution in [1.29, 1.82) is 0 Å². The summed E-state index contributed by atoms with van der Waals surface area (Å²) in [6.45, 7) is 7.96. The third-order valence-electron chi connectivity index (χ3n) is 5.40. The first-order chi connectivity index (χ1) is 10.1. The molecule has 1 heterocycles. The standard InChI is InChI=1S/C18H28N2O/c1-12-4-5-16(21)18-15(10-13(2)17(12)18)19-11-14-6-8-20(3)9-7-14/h4-5,13-15,19,21H,6-11H2,1-3H3. The number of phenols is 1. The predicted molar refractivity (Wildman–Crippen MR) is 86.8 cm³/mol. The van der Waals surface area contributed by atoms with Gasteiger partial charge in [0.15, 0.2) is 0 Å². The van der Waals surface area contributed by atoms with Crippen molar-refractivity contribution in [2.75, 3.05) is 26.7 Å². The molecule has 0 spiro atoms. The molecule has 116 valence electrons. The van der Waals surface area contributed by atoms with E-state index in [0.29, 0.717) is 17.7 Å². The van der Waals surface area contributed by atoms with Gasteiger partial charge in [0, 0.05) is 11.6 Å². The van der Waals surface area contributed by atoms with Gasteiger partial charge in [0.1, 0.15) is 5.75 Å². The average Bonchev–Trinajstić information content (AvgIpc) is 2.80. The van der Waals surface area contributed by atoms with Crippen LogP contribution in [-0.2, 0) is 0 Å². The number of phenolic OH excluding ortho intramolecular Hbond substituents is 1. The van der Waals surface area contributed by atoms with E-state index < -0.39 is 0 Å². The van der Waals surface area contributed by atoms with E-state index in [4.69, 9.17) is 0 Å². The van der Waals surface area contributed by atoms with Crippen molar-refractivity contribution in [2.45, 2.75) is 45.1 Å². The topological polar surface area (TPSA) is 35.5 Å². The van der Waals surface area contributed by atoms with E-state index >= 15 is 0 Å². The van der Waals surface area contributed by atoms with Crippen LogP contribution in [0.4, 0.5) is 0 Å². The first-order valence-corrected chi connectivity index (χ1v) is 8.30. The van der Waals surface area contributed by atoms with Gasteiger partial charge in [0.05, 0.1) is 0 Å². The van der Waals surface area contributed by atoms with E-state index in [1.54, 1.807) is 0 Å². The Morgan fingerprint density at radius 2 is 1.95 bits per heavy atom. The Morgan fingerprint density at radius 1 is 1.24 bits per heavy atom. The van der Waals surface area contributed by atoms with Gasteiger partial charge in [0.2, 0.25) is 0 Å². The highest BCUT2D eigenvalue weighted by molar-refractivity contribution is 5.50. The number of fused-ring (bicyclic) bond motifs is 1. The van der Waals surface area contributed by atoms with Crippen LogP contribution in [0.3, 0.4) is 0 Å². The average molecular weight is 288 g/mol. The zero-order valence-electron chi connectivity index (χ0n) is 13.5. The van der Waals surface area contributed by atoms with Crippen molar-refractivity contribution in [3.05, 3.63) is 28.8 Å². The summed E-state index contributed by atoms with van der Waals surface area (Å²) in [5.74, 6) is 1.80. The second-order valence-corrected chi connectivity index (χ2v) is 7.07. The highest BCUT2D eigenvalue weighted by Gasteiger charge is 2.32. The third kappa shape index (κ3) is 2.95. The predicted octanol–water partition coefficient (Wildman–Crippen LogP) is 3.18. The summed E-state index contributed by atoms with van der Waals surface area (Å²) in [6.07, 6.45) is 3.69. The van der Waals surface area contributed by atoms with Crippen LogP contribution in [0.25, 0.3) is 0 Å². The molecule has 1 aromatic carbocycles. The van der Waals surface area contributed by atoms with Gasteiger partial charge in [-0.05, 0) is 81.9 Å². The molecule has 2 atom stereocenters. The van der Waals surface area contributed by atoms with Crippen molar-refractivity contribution < 1.29 is 5.11 Å². The molecule has 3 nitrogen and oxygen atoms in total.